The Morgan fingerprint density at radius 3 is 2.43 bits per heavy atom. The largest absolute Gasteiger partial charge is 0.379 e. The Balaban J connectivity index is 1.89. The number of carbonyl (C=O) groups excluding carboxylic acids is 1. The van der Waals surface area contributed by atoms with Crippen molar-refractivity contribution in [3.8, 4) is 0 Å². The molecule has 0 aliphatic carbocycles. The summed E-state index contributed by atoms with van der Waals surface area (Å²) < 4.78 is 5.47. The minimum atomic E-state index is -0.0150. The molecule has 1 aliphatic heterocycles. The van der Waals surface area contributed by atoms with Crippen LogP contribution in [-0.2, 0) is 11.3 Å². The van der Waals surface area contributed by atoms with Crippen LogP contribution in [0, 0.1) is 0 Å². The number of benzene rings is 1. The van der Waals surface area contributed by atoms with E-state index < -0.39 is 0 Å². The predicted molar refractivity (Wildman–Crippen MR) is 123 cm³/mol. The molecule has 3 N–H and O–H groups in total. The molecule has 0 spiro atoms. The quantitative estimate of drug-likeness (QED) is 0.310. The van der Waals surface area contributed by atoms with Gasteiger partial charge in [-0.05, 0) is 44.9 Å². The third-order valence-electron chi connectivity index (χ3n) is 5.35. The summed E-state index contributed by atoms with van der Waals surface area (Å²) in [4.78, 5) is 19.3. The molecule has 30 heavy (non-hydrogen) atoms. The standard InChI is InChI=1S/C23H39N5O2/c1-5-7-12-25-21(29)20-10-8-19(9-11-20)17-26-22(24-6-2)27-18-23(3,4)28-13-15-30-16-14-28/h8-11H,5-7,12-18H2,1-4H3,(H,25,29)(H2,24,26,27). The van der Waals surface area contributed by atoms with Crippen LogP contribution in [0.25, 0.3) is 0 Å². The second-order valence-electron chi connectivity index (χ2n) is 8.27. The number of ether oxygens (including phenoxy) is 1. The highest BCUT2D eigenvalue weighted by molar-refractivity contribution is 5.94. The molecule has 2 rings (SSSR count). The number of carbonyl (C=O) groups is 1. The minimum Gasteiger partial charge on any atom is -0.379 e. The number of aliphatic imine (C=N–C) groups is 1. The van der Waals surface area contributed by atoms with Gasteiger partial charge >= 0.3 is 0 Å². The molecule has 0 saturated carbocycles. The Kier molecular flexibility index (Phi) is 10.1. The van der Waals surface area contributed by atoms with E-state index in [1.54, 1.807) is 0 Å². The fraction of sp³-hybridized carbons (Fsp3) is 0.652. The first kappa shape index (κ1) is 24.2. The molecule has 0 radical (unpaired) electrons. The average molecular weight is 418 g/mol. The van der Waals surface area contributed by atoms with Crippen LogP contribution in [0.4, 0.5) is 0 Å². The number of morpholine rings is 1. The molecular formula is C23H39N5O2. The highest BCUT2D eigenvalue weighted by Gasteiger charge is 2.28. The van der Waals surface area contributed by atoms with Crippen LogP contribution < -0.4 is 16.0 Å². The second kappa shape index (κ2) is 12.5. The summed E-state index contributed by atoms with van der Waals surface area (Å²) in [6.45, 7) is 15.1. The lowest BCUT2D eigenvalue weighted by Gasteiger charge is -2.41. The van der Waals surface area contributed by atoms with Gasteiger partial charge in [-0.1, -0.05) is 25.5 Å². The van der Waals surface area contributed by atoms with Gasteiger partial charge in [0.15, 0.2) is 5.96 Å². The van der Waals surface area contributed by atoms with E-state index in [4.69, 9.17) is 9.73 Å². The number of rotatable bonds is 10. The number of unbranched alkanes of at least 4 members (excludes halogenated alkanes) is 1. The molecule has 7 heteroatoms. The summed E-state index contributed by atoms with van der Waals surface area (Å²) in [7, 11) is 0. The zero-order valence-corrected chi connectivity index (χ0v) is 19.1. The molecule has 0 unspecified atom stereocenters. The molecule has 0 atom stereocenters. The average Bonchev–Trinajstić information content (AvgIpc) is 2.77. The monoisotopic (exact) mass is 417 g/mol. The van der Waals surface area contributed by atoms with Gasteiger partial charge < -0.3 is 20.7 Å². The van der Waals surface area contributed by atoms with Gasteiger partial charge in [-0.25, -0.2) is 4.99 Å². The Labute approximate surface area is 181 Å². The maximum Gasteiger partial charge on any atom is 0.251 e. The topological polar surface area (TPSA) is 78.0 Å². The molecule has 0 bridgehead atoms. The number of hydrogen-bond acceptors (Lipinski definition) is 4. The first-order valence-electron chi connectivity index (χ1n) is 11.2. The number of nitrogens with one attached hydrogen (secondary N) is 3. The van der Waals surface area contributed by atoms with Crippen LogP contribution in [0.5, 0.6) is 0 Å². The molecule has 1 aliphatic rings. The molecule has 1 amide bonds. The molecule has 1 fully saturated rings. The lowest BCUT2D eigenvalue weighted by atomic mass is 10.0. The van der Waals surface area contributed by atoms with Crippen molar-refractivity contribution in [2.45, 2.75) is 52.6 Å². The van der Waals surface area contributed by atoms with Crippen LogP contribution in [0.15, 0.2) is 29.3 Å². The van der Waals surface area contributed by atoms with Gasteiger partial charge in [-0.2, -0.15) is 0 Å². The zero-order chi connectivity index (χ0) is 21.8. The summed E-state index contributed by atoms with van der Waals surface area (Å²) in [6.07, 6.45) is 2.07. The highest BCUT2D eigenvalue weighted by atomic mass is 16.5. The van der Waals surface area contributed by atoms with E-state index in [-0.39, 0.29) is 11.4 Å². The highest BCUT2D eigenvalue weighted by Crippen LogP contribution is 2.15. The van der Waals surface area contributed by atoms with Crippen molar-refractivity contribution in [3.63, 3.8) is 0 Å². The SMILES string of the molecule is CCCCNC(=O)c1ccc(CN=C(NCC)NCC(C)(C)N2CCOCC2)cc1. The van der Waals surface area contributed by atoms with Crippen molar-refractivity contribution in [1.29, 1.82) is 0 Å². The summed E-state index contributed by atoms with van der Waals surface area (Å²) >= 11 is 0. The first-order chi connectivity index (χ1) is 14.5. The van der Waals surface area contributed by atoms with Gasteiger partial charge in [-0.15, -0.1) is 0 Å². The molecule has 1 aromatic carbocycles. The number of nitrogens with zero attached hydrogens (tertiary/aromatic N) is 2. The summed E-state index contributed by atoms with van der Waals surface area (Å²) in [5.74, 6) is 0.791. The number of amides is 1. The molecule has 1 aromatic rings. The lowest BCUT2D eigenvalue weighted by Crippen LogP contribution is -2.56. The van der Waals surface area contributed by atoms with E-state index in [1.165, 1.54) is 0 Å². The van der Waals surface area contributed by atoms with E-state index >= 15 is 0 Å². The Bertz CT molecular complexity index is 667. The van der Waals surface area contributed by atoms with Crippen molar-refractivity contribution in [1.82, 2.24) is 20.9 Å². The van der Waals surface area contributed by atoms with Crippen molar-refractivity contribution >= 4 is 11.9 Å². The van der Waals surface area contributed by atoms with E-state index in [9.17, 15) is 4.79 Å². The van der Waals surface area contributed by atoms with Crippen LogP contribution in [0.1, 0.15) is 56.5 Å². The van der Waals surface area contributed by atoms with Crippen LogP contribution in [0.3, 0.4) is 0 Å². The molecule has 168 valence electrons. The van der Waals surface area contributed by atoms with Gasteiger partial charge in [0.1, 0.15) is 0 Å². The zero-order valence-electron chi connectivity index (χ0n) is 19.1. The maximum atomic E-state index is 12.1. The van der Waals surface area contributed by atoms with Crippen molar-refractivity contribution in [2.24, 2.45) is 4.99 Å². The summed E-state index contributed by atoms with van der Waals surface area (Å²) in [5, 5.41) is 9.74. The van der Waals surface area contributed by atoms with Gasteiger partial charge in [0.05, 0.1) is 19.8 Å². The van der Waals surface area contributed by atoms with Crippen molar-refractivity contribution in [2.75, 3.05) is 45.9 Å². The second-order valence-corrected chi connectivity index (χ2v) is 8.27. The normalized spacial score (nSPS) is 15.7. The van der Waals surface area contributed by atoms with Gasteiger partial charge in [0.25, 0.3) is 5.91 Å². The number of hydrogen-bond donors (Lipinski definition) is 3. The molecular weight excluding hydrogens is 378 g/mol. The van der Waals surface area contributed by atoms with Crippen molar-refractivity contribution < 1.29 is 9.53 Å². The molecule has 1 heterocycles. The van der Waals surface area contributed by atoms with E-state index in [0.717, 1.165) is 70.3 Å². The minimum absolute atomic E-state index is 0.0150. The summed E-state index contributed by atoms with van der Waals surface area (Å²) in [5.41, 5.74) is 1.79. The van der Waals surface area contributed by atoms with Gasteiger partial charge in [0.2, 0.25) is 0 Å². The Hall–Kier alpha value is -2.12. The van der Waals surface area contributed by atoms with Crippen molar-refractivity contribution in [3.05, 3.63) is 35.4 Å². The summed E-state index contributed by atoms with van der Waals surface area (Å²) in [6, 6.07) is 7.68. The van der Waals surface area contributed by atoms with E-state index in [1.807, 2.05) is 24.3 Å². The van der Waals surface area contributed by atoms with Crippen LogP contribution in [0.2, 0.25) is 0 Å². The fourth-order valence-corrected chi connectivity index (χ4v) is 3.33. The maximum absolute atomic E-state index is 12.1. The predicted octanol–water partition coefficient (Wildman–Crippen LogP) is 2.38. The third kappa shape index (κ3) is 7.95. The Morgan fingerprint density at radius 1 is 1.10 bits per heavy atom. The van der Waals surface area contributed by atoms with Crippen LogP contribution >= 0.6 is 0 Å². The van der Waals surface area contributed by atoms with Gasteiger partial charge in [-0.3, -0.25) is 9.69 Å². The van der Waals surface area contributed by atoms with E-state index in [0.29, 0.717) is 12.1 Å². The number of guanidine groups is 1. The third-order valence-corrected chi connectivity index (χ3v) is 5.35. The molecule has 7 nitrogen and oxygen atoms in total. The molecule has 1 saturated heterocycles. The van der Waals surface area contributed by atoms with Gasteiger partial charge in [0, 0.05) is 43.8 Å². The smallest absolute Gasteiger partial charge is 0.251 e. The lowest BCUT2D eigenvalue weighted by molar-refractivity contribution is -0.00834. The Morgan fingerprint density at radius 2 is 1.80 bits per heavy atom. The first-order valence-corrected chi connectivity index (χ1v) is 11.2. The fourth-order valence-electron chi connectivity index (χ4n) is 3.33. The van der Waals surface area contributed by atoms with E-state index in [2.05, 4.69) is 48.5 Å². The van der Waals surface area contributed by atoms with Crippen LogP contribution in [-0.4, -0.2) is 68.2 Å². The molecule has 0 aromatic heterocycles.